The first-order valence-electron chi connectivity index (χ1n) is 9.89. The number of rotatable bonds is 8. The predicted octanol–water partition coefficient (Wildman–Crippen LogP) is 3.31. The third-order valence-corrected chi connectivity index (χ3v) is 4.63. The number of benzene rings is 2. The summed E-state index contributed by atoms with van der Waals surface area (Å²) >= 11 is 0. The van der Waals surface area contributed by atoms with Gasteiger partial charge in [-0.25, -0.2) is 0 Å². The van der Waals surface area contributed by atoms with Crippen LogP contribution in [0.25, 0.3) is 11.1 Å². The number of nitrogens with one attached hydrogen (secondary N) is 1. The summed E-state index contributed by atoms with van der Waals surface area (Å²) < 4.78 is 10.0. The van der Waals surface area contributed by atoms with E-state index in [2.05, 4.69) is 5.32 Å². The lowest BCUT2D eigenvalue weighted by Crippen LogP contribution is -2.38. The third kappa shape index (κ3) is 6.05. The van der Waals surface area contributed by atoms with E-state index in [0.29, 0.717) is 6.42 Å². The molecule has 0 saturated carbocycles. The second kappa shape index (κ2) is 10.2. The monoisotopic (exact) mass is 421 g/mol. The van der Waals surface area contributed by atoms with Crippen LogP contribution in [0.2, 0.25) is 0 Å². The number of ether oxygens (including phenoxy) is 1. The highest BCUT2D eigenvalue weighted by Gasteiger charge is 2.20. The largest absolute Gasteiger partial charge is 0.502 e. The van der Waals surface area contributed by atoms with Gasteiger partial charge in [0, 0.05) is 12.1 Å². The Labute approximate surface area is 179 Å². The second-order valence-electron chi connectivity index (χ2n) is 6.94. The molecule has 160 valence electrons. The van der Waals surface area contributed by atoms with Crippen molar-refractivity contribution in [2.75, 3.05) is 6.61 Å². The minimum absolute atomic E-state index is 0.0394. The van der Waals surface area contributed by atoms with Gasteiger partial charge in [-0.1, -0.05) is 54.6 Å². The third-order valence-electron chi connectivity index (χ3n) is 4.63. The zero-order chi connectivity index (χ0) is 22.2. The predicted molar refractivity (Wildman–Crippen MR) is 115 cm³/mol. The molecule has 1 aromatic heterocycles. The molecule has 0 bridgehead atoms. The molecule has 3 rings (SSSR count). The van der Waals surface area contributed by atoms with E-state index in [-0.39, 0.29) is 18.8 Å². The quantitative estimate of drug-likeness (QED) is 0.541. The van der Waals surface area contributed by atoms with E-state index in [1.807, 2.05) is 54.6 Å². The average Bonchev–Trinajstić information content (AvgIpc) is 2.77. The van der Waals surface area contributed by atoms with Crippen LogP contribution < -0.4 is 10.7 Å². The molecule has 0 aliphatic carbocycles. The van der Waals surface area contributed by atoms with Crippen LogP contribution in [0.4, 0.5) is 0 Å². The molecular formula is C24H23NO6. The normalized spacial score (nSPS) is 11.5. The van der Waals surface area contributed by atoms with E-state index in [9.17, 15) is 19.5 Å². The van der Waals surface area contributed by atoms with Gasteiger partial charge < -0.3 is 19.6 Å². The van der Waals surface area contributed by atoms with E-state index in [1.54, 1.807) is 6.92 Å². The summed E-state index contributed by atoms with van der Waals surface area (Å²) in [5.74, 6) is -1.94. The van der Waals surface area contributed by atoms with Crippen molar-refractivity contribution in [3.63, 3.8) is 0 Å². The van der Waals surface area contributed by atoms with Gasteiger partial charge in [0.1, 0.15) is 6.26 Å². The second-order valence-corrected chi connectivity index (χ2v) is 6.94. The lowest BCUT2D eigenvalue weighted by Gasteiger charge is -2.18. The van der Waals surface area contributed by atoms with Crippen LogP contribution in [-0.2, 0) is 16.0 Å². The SMILES string of the molecule is CCOC(=O)C[C@@H](Cc1ccc(-c2ccccc2)cc1)NC(=O)c1cc(=O)c(O)co1. The summed E-state index contributed by atoms with van der Waals surface area (Å²) in [5.41, 5.74) is 2.34. The summed E-state index contributed by atoms with van der Waals surface area (Å²) in [4.78, 5) is 36.1. The van der Waals surface area contributed by atoms with E-state index in [0.717, 1.165) is 29.0 Å². The van der Waals surface area contributed by atoms with Crippen LogP contribution in [-0.4, -0.2) is 29.6 Å². The van der Waals surface area contributed by atoms with Crippen LogP contribution in [0.15, 0.2) is 76.1 Å². The Morgan fingerprint density at radius 2 is 1.74 bits per heavy atom. The number of hydrogen-bond acceptors (Lipinski definition) is 6. The standard InChI is InChI=1S/C24H23NO6/c1-2-30-23(28)13-19(25-24(29)22-14-20(26)21(27)15-31-22)12-16-8-10-18(11-9-16)17-6-4-3-5-7-17/h3-11,14-15,19,27H,2,12-13H2,1H3,(H,25,29)/t19-/m1/s1. The van der Waals surface area contributed by atoms with Crippen molar-refractivity contribution in [2.45, 2.75) is 25.8 Å². The molecule has 1 atom stereocenters. The Kier molecular flexibility index (Phi) is 7.22. The highest BCUT2D eigenvalue weighted by molar-refractivity contribution is 5.91. The first-order valence-corrected chi connectivity index (χ1v) is 9.89. The van der Waals surface area contributed by atoms with E-state index < -0.39 is 29.1 Å². The van der Waals surface area contributed by atoms with Crippen LogP contribution in [0.5, 0.6) is 5.75 Å². The summed E-state index contributed by atoms with van der Waals surface area (Å²) in [6, 6.07) is 18.1. The molecule has 7 heteroatoms. The maximum Gasteiger partial charge on any atom is 0.307 e. The number of carbonyl (C=O) groups excluding carboxylic acids is 2. The number of hydrogen-bond donors (Lipinski definition) is 2. The van der Waals surface area contributed by atoms with E-state index >= 15 is 0 Å². The maximum atomic E-state index is 12.5. The fourth-order valence-corrected chi connectivity index (χ4v) is 3.12. The molecule has 1 heterocycles. The number of carbonyl (C=O) groups is 2. The van der Waals surface area contributed by atoms with Crippen LogP contribution >= 0.6 is 0 Å². The number of aromatic hydroxyl groups is 1. The Hall–Kier alpha value is -3.87. The van der Waals surface area contributed by atoms with Gasteiger partial charge >= 0.3 is 5.97 Å². The van der Waals surface area contributed by atoms with Crippen LogP contribution in [0, 0.1) is 0 Å². The Morgan fingerprint density at radius 3 is 2.39 bits per heavy atom. The van der Waals surface area contributed by atoms with Gasteiger partial charge in [0.05, 0.1) is 13.0 Å². The first-order chi connectivity index (χ1) is 15.0. The average molecular weight is 421 g/mol. The molecule has 0 spiro atoms. The Morgan fingerprint density at radius 1 is 1.06 bits per heavy atom. The fraction of sp³-hybridized carbons (Fsp3) is 0.208. The lowest BCUT2D eigenvalue weighted by atomic mass is 9.99. The van der Waals surface area contributed by atoms with E-state index in [1.165, 1.54) is 0 Å². The van der Waals surface area contributed by atoms with Gasteiger partial charge in [-0.05, 0) is 30.0 Å². The van der Waals surface area contributed by atoms with Crippen molar-refractivity contribution >= 4 is 11.9 Å². The molecule has 31 heavy (non-hydrogen) atoms. The molecule has 2 N–H and O–H groups in total. The molecular weight excluding hydrogens is 398 g/mol. The van der Waals surface area contributed by atoms with E-state index in [4.69, 9.17) is 9.15 Å². The Balaban J connectivity index is 1.75. The van der Waals surface area contributed by atoms with Gasteiger partial charge in [0.15, 0.2) is 11.5 Å². The minimum atomic E-state index is -0.727. The molecule has 0 aliphatic rings. The smallest absolute Gasteiger partial charge is 0.307 e. The minimum Gasteiger partial charge on any atom is -0.502 e. The van der Waals surface area contributed by atoms with Crippen molar-refractivity contribution in [3.8, 4) is 16.9 Å². The Bertz CT molecular complexity index is 1090. The topological polar surface area (TPSA) is 106 Å². The van der Waals surface area contributed by atoms with Crippen molar-refractivity contribution in [1.29, 1.82) is 0 Å². The summed E-state index contributed by atoms with van der Waals surface area (Å²) in [7, 11) is 0. The summed E-state index contributed by atoms with van der Waals surface area (Å²) in [6.45, 7) is 1.94. The maximum absolute atomic E-state index is 12.5. The van der Waals surface area contributed by atoms with Gasteiger partial charge in [0.2, 0.25) is 5.43 Å². The molecule has 0 aliphatic heterocycles. The van der Waals surface area contributed by atoms with Gasteiger partial charge in [-0.3, -0.25) is 14.4 Å². The summed E-state index contributed by atoms with van der Waals surface area (Å²) in [6.07, 6.45) is 1.14. The van der Waals surface area contributed by atoms with Crippen molar-refractivity contribution in [1.82, 2.24) is 5.32 Å². The molecule has 0 radical (unpaired) electrons. The zero-order valence-electron chi connectivity index (χ0n) is 17.0. The molecule has 2 aromatic carbocycles. The number of esters is 1. The van der Waals surface area contributed by atoms with Crippen LogP contribution in [0.1, 0.15) is 29.5 Å². The lowest BCUT2D eigenvalue weighted by molar-refractivity contribution is -0.143. The first kappa shape index (κ1) is 21.8. The molecule has 0 saturated heterocycles. The van der Waals surface area contributed by atoms with Gasteiger partial charge in [-0.15, -0.1) is 0 Å². The van der Waals surface area contributed by atoms with Crippen molar-refractivity contribution in [2.24, 2.45) is 0 Å². The molecule has 0 fully saturated rings. The van der Waals surface area contributed by atoms with Crippen molar-refractivity contribution < 1.29 is 23.8 Å². The molecule has 7 nitrogen and oxygen atoms in total. The van der Waals surface area contributed by atoms with Gasteiger partial charge in [0.25, 0.3) is 5.91 Å². The highest BCUT2D eigenvalue weighted by atomic mass is 16.5. The van der Waals surface area contributed by atoms with Gasteiger partial charge in [-0.2, -0.15) is 0 Å². The molecule has 3 aromatic rings. The highest BCUT2D eigenvalue weighted by Crippen LogP contribution is 2.20. The van der Waals surface area contributed by atoms with Crippen molar-refractivity contribution in [3.05, 3.63) is 88.5 Å². The molecule has 0 unspecified atom stereocenters. The molecule has 1 amide bonds. The van der Waals surface area contributed by atoms with Crippen LogP contribution in [0.3, 0.4) is 0 Å². The number of amides is 1. The zero-order valence-corrected chi connectivity index (χ0v) is 17.0. The summed E-state index contributed by atoms with van der Waals surface area (Å²) in [5, 5.41) is 12.0. The fourth-order valence-electron chi connectivity index (χ4n) is 3.12.